The Morgan fingerprint density at radius 1 is 1.33 bits per heavy atom. The summed E-state index contributed by atoms with van der Waals surface area (Å²) >= 11 is 6.29. The van der Waals surface area contributed by atoms with Gasteiger partial charge in [0.1, 0.15) is 5.82 Å². The number of aryl methyl sites for hydroxylation is 2. The van der Waals surface area contributed by atoms with Crippen molar-refractivity contribution in [3.8, 4) is 0 Å². The first-order valence-corrected chi connectivity index (χ1v) is 7.31. The normalized spacial score (nSPS) is 13.5. The molecular weight excluding hydrogens is 289 g/mol. The Bertz CT molecular complexity index is 632. The second-order valence-corrected chi connectivity index (χ2v) is 6.39. The maximum absolute atomic E-state index is 13.1. The Labute approximate surface area is 129 Å². The summed E-state index contributed by atoms with van der Waals surface area (Å²) in [6, 6.07) is 6.34. The summed E-state index contributed by atoms with van der Waals surface area (Å²) in [6.07, 6.45) is 0.612. The molecule has 0 saturated carbocycles. The first-order valence-electron chi connectivity index (χ1n) is 6.93. The van der Waals surface area contributed by atoms with Crippen molar-refractivity contribution in [1.82, 2.24) is 9.78 Å². The van der Waals surface area contributed by atoms with Crippen molar-refractivity contribution < 1.29 is 4.39 Å². The number of hydrogen-bond acceptors (Lipinski definition) is 2. The molecule has 2 rings (SSSR count). The summed E-state index contributed by atoms with van der Waals surface area (Å²) in [6.45, 7) is 5.99. The van der Waals surface area contributed by atoms with Gasteiger partial charge in [0, 0.05) is 24.9 Å². The molecule has 0 aliphatic rings. The van der Waals surface area contributed by atoms with Gasteiger partial charge in [-0.2, -0.15) is 5.10 Å². The van der Waals surface area contributed by atoms with Gasteiger partial charge in [0.2, 0.25) is 0 Å². The summed E-state index contributed by atoms with van der Waals surface area (Å²) in [5.41, 5.74) is 8.85. The van der Waals surface area contributed by atoms with Crippen LogP contribution in [0.25, 0.3) is 0 Å². The zero-order valence-electron chi connectivity index (χ0n) is 12.8. The molecule has 0 aliphatic carbocycles. The van der Waals surface area contributed by atoms with Crippen LogP contribution in [0.3, 0.4) is 0 Å². The van der Waals surface area contributed by atoms with Gasteiger partial charge in [0.15, 0.2) is 0 Å². The van der Waals surface area contributed by atoms with E-state index in [2.05, 4.69) is 18.9 Å². The molecule has 1 atom stereocenters. The highest BCUT2D eigenvalue weighted by Crippen LogP contribution is 2.30. The van der Waals surface area contributed by atoms with E-state index in [1.165, 1.54) is 12.1 Å². The van der Waals surface area contributed by atoms with Gasteiger partial charge in [-0.25, -0.2) is 4.39 Å². The molecule has 0 radical (unpaired) electrons. The second kappa shape index (κ2) is 5.78. The van der Waals surface area contributed by atoms with E-state index in [-0.39, 0.29) is 17.3 Å². The molecule has 3 nitrogen and oxygen atoms in total. The van der Waals surface area contributed by atoms with Crippen molar-refractivity contribution in [1.29, 1.82) is 0 Å². The van der Waals surface area contributed by atoms with Crippen LogP contribution < -0.4 is 5.73 Å². The molecule has 0 spiro atoms. The van der Waals surface area contributed by atoms with Crippen LogP contribution in [0.15, 0.2) is 24.3 Å². The molecule has 2 aromatic rings. The van der Waals surface area contributed by atoms with Gasteiger partial charge in [-0.05, 0) is 24.6 Å². The lowest BCUT2D eigenvalue weighted by Gasteiger charge is -2.32. The van der Waals surface area contributed by atoms with E-state index in [9.17, 15) is 4.39 Å². The zero-order chi connectivity index (χ0) is 15.8. The lowest BCUT2D eigenvalue weighted by atomic mass is 9.76. The molecular formula is C16H21ClFN3. The first kappa shape index (κ1) is 16.0. The van der Waals surface area contributed by atoms with Crippen molar-refractivity contribution in [2.75, 3.05) is 0 Å². The molecule has 0 fully saturated rings. The lowest BCUT2D eigenvalue weighted by molar-refractivity contribution is 0.399. The van der Waals surface area contributed by atoms with Gasteiger partial charge < -0.3 is 5.73 Å². The molecule has 21 heavy (non-hydrogen) atoms. The summed E-state index contributed by atoms with van der Waals surface area (Å²) in [4.78, 5) is 0. The van der Waals surface area contributed by atoms with E-state index in [0.29, 0.717) is 11.4 Å². The number of aromatic nitrogens is 2. The smallest absolute Gasteiger partial charge is 0.123 e. The van der Waals surface area contributed by atoms with E-state index < -0.39 is 0 Å². The highest BCUT2D eigenvalue weighted by molar-refractivity contribution is 6.31. The van der Waals surface area contributed by atoms with Crippen LogP contribution in [0.1, 0.15) is 30.8 Å². The molecule has 1 aromatic heterocycles. The number of nitrogens with two attached hydrogens (primary N) is 1. The summed E-state index contributed by atoms with van der Waals surface area (Å²) in [5.74, 6) is -0.242. The minimum absolute atomic E-state index is 0.157. The second-order valence-electron chi connectivity index (χ2n) is 6.01. The van der Waals surface area contributed by atoms with Crippen LogP contribution >= 0.6 is 11.6 Å². The van der Waals surface area contributed by atoms with Crippen molar-refractivity contribution in [3.05, 3.63) is 52.1 Å². The van der Waals surface area contributed by atoms with Crippen LogP contribution in [-0.4, -0.2) is 15.8 Å². The standard InChI is InChI=1S/C16H21ClFN3/c1-10-15(17)13(21(4)20-10)9-14(19)16(2,3)11-5-7-12(18)8-6-11/h5-8,14H,9,19H2,1-4H3. The van der Waals surface area contributed by atoms with Crippen molar-refractivity contribution in [3.63, 3.8) is 0 Å². The summed E-state index contributed by atoms with van der Waals surface area (Å²) in [5, 5.41) is 4.98. The number of benzene rings is 1. The zero-order valence-corrected chi connectivity index (χ0v) is 13.6. The van der Waals surface area contributed by atoms with Gasteiger partial charge in [0.05, 0.1) is 16.4 Å². The minimum Gasteiger partial charge on any atom is -0.327 e. The number of nitrogens with zero attached hydrogens (tertiary/aromatic N) is 2. The van der Waals surface area contributed by atoms with E-state index in [1.807, 2.05) is 14.0 Å². The van der Waals surface area contributed by atoms with E-state index in [4.69, 9.17) is 17.3 Å². The third-order valence-electron chi connectivity index (χ3n) is 4.19. The number of rotatable bonds is 4. The molecule has 114 valence electrons. The summed E-state index contributed by atoms with van der Waals surface area (Å²) < 4.78 is 14.8. The average Bonchev–Trinajstić information content (AvgIpc) is 2.65. The first-order chi connectivity index (χ1) is 9.73. The Balaban J connectivity index is 2.26. The number of halogens is 2. The van der Waals surface area contributed by atoms with Crippen molar-refractivity contribution in [2.24, 2.45) is 12.8 Å². The fourth-order valence-electron chi connectivity index (χ4n) is 2.46. The highest BCUT2D eigenvalue weighted by atomic mass is 35.5. The quantitative estimate of drug-likeness (QED) is 0.941. The molecule has 0 aliphatic heterocycles. The molecule has 5 heteroatoms. The fraction of sp³-hybridized carbons (Fsp3) is 0.438. The van der Waals surface area contributed by atoms with Gasteiger partial charge in [-0.15, -0.1) is 0 Å². The fourth-order valence-corrected chi connectivity index (χ4v) is 2.70. The predicted molar refractivity (Wildman–Crippen MR) is 84.1 cm³/mol. The maximum atomic E-state index is 13.1. The SMILES string of the molecule is Cc1nn(C)c(CC(N)C(C)(C)c2ccc(F)cc2)c1Cl. The third kappa shape index (κ3) is 3.11. The maximum Gasteiger partial charge on any atom is 0.123 e. The molecule has 0 saturated heterocycles. The highest BCUT2D eigenvalue weighted by Gasteiger charge is 2.30. The predicted octanol–water partition coefficient (Wildman–Crippen LogP) is 3.37. The largest absolute Gasteiger partial charge is 0.327 e. The Kier molecular flexibility index (Phi) is 4.40. The van der Waals surface area contributed by atoms with Crippen molar-refractivity contribution in [2.45, 2.75) is 38.6 Å². The van der Waals surface area contributed by atoms with Gasteiger partial charge in [-0.1, -0.05) is 37.6 Å². The minimum atomic E-state index is -0.296. The van der Waals surface area contributed by atoms with Crippen molar-refractivity contribution >= 4 is 11.6 Å². The van der Waals surface area contributed by atoms with E-state index in [0.717, 1.165) is 17.0 Å². The van der Waals surface area contributed by atoms with Gasteiger partial charge in [0.25, 0.3) is 0 Å². The van der Waals surface area contributed by atoms with E-state index in [1.54, 1.807) is 16.8 Å². The summed E-state index contributed by atoms with van der Waals surface area (Å²) in [7, 11) is 1.87. The molecule has 1 aromatic carbocycles. The molecule has 0 bridgehead atoms. The average molecular weight is 310 g/mol. The van der Waals surface area contributed by atoms with Gasteiger partial charge >= 0.3 is 0 Å². The lowest BCUT2D eigenvalue weighted by Crippen LogP contribution is -2.42. The van der Waals surface area contributed by atoms with Crippen LogP contribution in [0.4, 0.5) is 4.39 Å². The monoisotopic (exact) mass is 309 g/mol. The Hall–Kier alpha value is -1.39. The topological polar surface area (TPSA) is 43.8 Å². The van der Waals surface area contributed by atoms with Crippen LogP contribution in [0, 0.1) is 12.7 Å². The number of hydrogen-bond donors (Lipinski definition) is 1. The van der Waals surface area contributed by atoms with Gasteiger partial charge in [-0.3, -0.25) is 4.68 Å². The Morgan fingerprint density at radius 3 is 2.38 bits per heavy atom. The molecule has 0 amide bonds. The van der Waals surface area contributed by atoms with Crippen LogP contribution in [0.5, 0.6) is 0 Å². The Morgan fingerprint density at radius 2 is 1.90 bits per heavy atom. The van der Waals surface area contributed by atoms with E-state index >= 15 is 0 Å². The van der Waals surface area contributed by atoms with Crippen LogP contribution in [0.2, 0.25) is 5.02 Å². The third-order valence-corrected chi connectivity index (χ3v) is 4.68. The molecule has 2 N–H and O–H groups in total. The molecule has 1 unspecified atom stereocenters. The molecule has 1 heterocycles. The van der Waals surface area contributed by atoms with Crippen LogP contribution in [-0.2, 0) is 18.9 Å².